The van der Waals surface area contributed by atoms with Crippen molar-refractivity contribution in [1.29, 1.82) is 0 Å². The lowest BCUT2D eigenvalue weighted by molar-refractivity contribution is -0.144. The molecule has 0 saturated heterocycles. The standard InChI is InChI=1S/C14H18BrNO4/c1-10(14(18)19-2)16-13(17)4-3-9-20-12-7-5-11(15)6-8-12/h5-8,10H,3-4,9H2,1-2H3,(H,16,17). The van der Waals surface area contributed by atoms with Crippen LogP contribution in [0.4, 0.5) is 0 Å². The quantitative estimate of drug-likeness (QED) is 0.609. The molecule has 1 atom stereocenters. The highest BCUT2D eigenvalue weighted by Crippen LogP contribution is 2.16. The Hall–Kier alpha value is -1.56. The van der Waals surface area contributed by atoms with E-state index in [1.54, 1.807) is 6.92 Å². The van der Waals surface area contributed by atoms with Crippen LogP contribution in [0.5, 0.6) is 5.75 Å². The number of halogens is 1. The maximum absolute atomic E-state index is 11.5. The average Bonchev–Trinajstić information content (AvgIpc) is 2.44. The van der Waals surface area contributed by atoms with Crippen molar-refractivity contribution in [2.24, 2.45) is 0 Å². The Bertz CT molecular complexity index is 447. The Morgan fingerprint density at radius 3 is 2.55 bits per heavy atom. The molecule has 1 rings (SSSR count). The van der Waals surface area contributed by atoms with Crippen molar-refractivity contribution < 1.29 is 19.1 Å². The Labute approximate surface area is 126 Å². The average molecular weight is 344 g/mol. The van der Waals surface area contributed by atoms with Gasteiger partial charge in [-0.15, -0.1) is 0 Å². The Morgan fingerprint density at radius 1 is 1.30 bits per heavy atom. The normalized spacial score (nSPS) is 11.6. The van der Waals surface area contributed by atoms with Crippen molar-refractivity contribution in [1.82, 2.24) is 5.32 Å². The van der Waals surface area contributed by atoms with Crippen molar-refractivity contribution >= 4 is 27.8 Å². The number of carbonyl (C=O) groups excluding carboxylic acids is 2. The first-order valence-electron chi connectivity index (χ1n) is 6.28. The summed E-state index contributed by atoms with van der Waals surface area (Å²) in [7, 11) is 1.29. The van der Waals surface area contributed by atoms with Crippen molar-refractivity contribution in [2.45, 2.75) is 25.8 Å². The molecule has 0 spiro atoms. The minimum absolute atomic E-state index is 0.192. The number of benzene rings is 1. The van der Waals surface area contributed by atoms with Crippen LogP contribution >= 0.6 is 15.9 Å². The lowest BCUT2D eigenvalue weighted by atomic mass is 10.2. The molecular formula is C14H18BrNO4. The van der Waals surface area contributed by atoms with Crippen LogP contribution in [0.3, 0.4) is 0 Å². The smallest absolute Gasteiger partial charge is 0.328 e. The van der Waals surface area contributed by atoms with E-state index in [4.69, 9.17) is 4.74 Å². The highest BCUT2D eigenvalue weighted by Gasteiger charge is 2.15. The van der Waals surface area contributed by atoms with Gasteiger partial charge >= 0.3 is 5.97 Å². The first kappa shape index (κ1) is 16.5. The number of nitrogens with one attached hydrogen (secondary N) is 1. The van der Waals surface area contributed by atoms with E-state index in [2.05, 4.69) is 26.0 Å². The highest BCUT2D eigenvalue weighted by atomic mass is 79.9. The van der Waals surface area contributed by atoms with Crippen LogP contribution in [-0.2, 0) is 14.3 Å². The zero-order valence-corrected chi connectivity index (χ0v) is 13.1. The lowest BCUT2D eigenvalue weighted by Gasteiger charge is -2.11. The molecule has 1 aromatic carbocycles. The monoisotopic (exact) mass is 343 g/mol. The molecule has 0 bridgehead atoms. The number of rotatable bonds is 7. The molecule has 0 aliphatic rings. The predicted octanol–water partition coefficient (Wildman–Crippen LogP) is 2.29. The SMILES string of the molecule is COC(=O)C(C)NC(=O)CCCOc1ccc(Br)cc1. The molecule has 1 aromatic rings. The van der Waals surface area contributed by atoms with E-state index in [0.717, 1.165) is 10.2 Å². The second-order valence-electron chi connectivity index (χ2n) is 4.22. The Balaban J connectivity index is 2.19. The van der Waals surface area contributed by atoms with Gasteiger partial charge in [0.2, 0.25) is 5.91 Å². The van der Waals surface area contributed by atoms with Crippen molar-refractivity contribution in [3.63, 3.8) is 0 Å². The maximum atomic E-state index is 11.5. The zero-order valence-electron chi connectivity index (χ0n) is 11.5. The summed E-state index contributed by atoms with van der Waals surface area (Å²) < 4.78 is 11.0. The van der Waals surface area contributed by atoms with Gasteiger partial charge in [0.05, 0.1) is 13.7 Å². The molecule has 0 radical (unpaired) electrons. The van der Waals surface area contributed by atoms with E-state index in [-0.39, 0.29) is 5.91 Å². The first-order valence-corrected chi connectivity index (χ1v) is 7.08. The van der Waals surface area contributed by atoms with Crippen LogP contribution in [-0.4, -0.2) is 31.6 Å². The summed E-state index contributed by atoms with van der Waals surface area (Å²) in [6.45, 7) is 2.03. The summed E-state index contributed by atoms with van der Waals surface area (Å²) in [5, 5.41) is 2.56. The number of ether oxygens (including phenoxy) is 2. The van der Waals surface area contributed by atoms with Crippen molar-refractivity contribution in [3.8, 4) is 5.75 Å². The van der Waals surface area contributed by atoms with Gasteiger partial charge in [0.15, 0.2) is 0 Å². The van der Waals surface area contributed by atoms with Gasteiger partial charge in [-0.25, -0.2) is 4.79 Å². The summed E-state index contributed by atoms with van der Waals surface area (Å²) >= 11 is 3.34. The van der Waals surface area contributed by atoms with E-state index in [1.165, 1.54) is 7.11 Å². The molecule has 0 aromatic heterocycles. The van der Waals surface area contributed by atoms with Crippen LogP contribution in [0.15, 0.2) is 28.7 Å². The molecule has 1 amide bonds. The number of carbonyl (C=O) groups is 2. The molecule has 0 fully saturated rings. The van der Waals surface area contributed by atoms with Crippen LogP contribution < -0.4 is 10.1 Å². The van der Waals surface area contributed by atoms with Crippen LogP contribution in [0.25, 0.3) is 0 Å². The molecule has 6 heteroatoms. The number of amides is 1. The van der Waals surface area contributed by atoms with E-state index in [9.17, 15) is 9.59 Å². The molecule has 0 aliphatic heterocycles. The van der Waals surface area contributed by atoms with Gasteiger partial charge in [-0.05, 0) is 37.6 Å². The van der Waals surface area contributed by atoms with E-state index in [1.807, 2.05) is 24.3 Å². The summed E-state index contributed by atoms with van der Waals surface area (Å²) in [4.78, 5) is 22.7. The predicted molar refractivity (Wildman–Crippen MR) is 78.5 cm³/mol. The topological polar surface area (TPSA) is 64.6 Å². The molecule has 20 heavy (non-hydrogen) atoms. The fourth-order valence-corrected chi connectivity index (χ4v) is 1.77. The van der Waals surface area contributed by atoms with Gasteiger partial charge < -0.3 is 14.8 Å². The summed E-state index contributed by atoms with van der Waals surface area (Å²) in [5.41, 5.74) is 0. The fraction of sp³-hybridized carbons (Fsp3) is 0.429. The minimum Gasteiger partial charge on any atom is -0.494 e. The summed E-state index contributed by atoms with van der Waals surface area (Å²) in [6, 6.07) is 6.85. The second kappa shape index (κ2) is 8.58. The van der Waals surface area contributed by atoms with Gasteiger partial charge in [0.1, 0.15) is 11.8 Å². The molecule has 0 heterocycles. The highest BCUT2D eigenvalue weighted by molar-refractivity contribution is 9.10. The van der Waals surface area contributed by atoms with Gasteiger partial charge in [-0.3, -0.25) is 4.79 Å². The number of hydrogen-bond acceptors (Lipinski definition) is 4. The van der Waals surface area contributed by atoms with Crippen LogP contribution in [0.2, 0.25) is 0 Å². The Morgan fingerprint density at radius 2 is 1.95 bits per heavy atom. The lowest BCUT2D eigenvalue weighted by Crippen LogP contribution is -2.39. The third-order valence-electron chi connectivity index (χ3n) is 2.56. The van der Waals surface area contributed by atoms with Gasteiger partial charge in [-0.2, -0.15) is 0 Å². The molecule has 0 saturated carbocycles. The van der Waals surface area contributed by atoms with E-state index < -0.39 is 12.0 Å². The third-order valence-corrected chi connectivity index (χ3v) is 3.09. The third kappa shape index (κ3) is 6.06. The molecule has 5 nitrogen and oxygen atoms in total. The summed E-state index contributed by atoms with van der Waals surface area (Å²) in [5.74, 6) is 0.114. The largest absolute Gasteiger partial charge is 0.494 e. The van der Waals surface area contributed by atoms with Gasteiger partial charge in [0.25, 0.3) is 0 Å². The number of hydrogen-bond donors (Lipinski definition) is 1. The first-order chi connectivity index (χ1) is 9.52. The van der Waals surface area contributed by atoms with Gasteiger partial charge in [0, 0.05) is 10.9 Å². The second-order valence-corrected chi connectivity index (χ2v) is 5.13. The number of methoxy groups -OCH3 is 1. The van der Waals surface area contributed by atoms with E-state index >= 15 is 0 Å². The molecule has 1 N–H and O–H groups in total. The van der Waals surface area contributed by atoms with E-state index in [0.29, 0.717) is 19.4 Å². The fourth-order valence-electron chi connectivity index (χ4n) is 1.50. The molecule has 110 valence electrons. The maximum Gasteiger partial charge on any atom is 0.328 e. The van der Waals surface area contributed by atoms with Gasteiger partial charge in [-0.1, -0.05) is 15.9 Å². The van der Waals surface area contributed by atoms with Crippen LogP contribution in [0, 0.1) is 0 Å². The molecule has 0 aliphatic carbocycles. The van der Waals surface area contributed by atoms with Crippen LogP contribution in [0.1, 0.15) is 19.8 Å². The summed E-state index contributed by atoms with van der Waals surface area (Å²) in [6.07, 6.45) is 0.883. The van der Waals surface area contributed by atoms with Crippen molar-refractivity contribution in [3.05, 3.63) is 28.7 Å². The number of esters is 1. The zero-order chi connectivity index (χ0) is 15.0. The molecular weight excluding hydrogens is 326 g/mol. The van der Waals surface area contributed by atoms with Crippen molar-refractivity contribution in [2.75, 3.05) is 13.7 Å². The molecule has 1 unspecified atom stereocenters. The minimum atomic E-state index is -0.625. The Kier molecular flexibility index (Phi) is 7.08.